The molecule has 0 aliphatic carbocycles. The first-order valence-electron chi connectivity index (χ1n) is 10.3. The zero-order chi connectivity index (χ0) is 22.7. The minimum Gasteiger partial charge on any atom is -0.497 e. The number of aromatic nitrogens is 4. The van der Waals surface area contributed by atoms with Gasteiger partial charge >= 0.3 is 5.69 Å². The van der Waals surface area contributed by atoms with E-state index in [1.165, 1.54) is 9.13 Å². The molecule has 0 unspecified atom stereocenters. The smallest absolute Gasteiger partial charge is 0.331 e. The summed E-state index contributed by atoms with van der Waals surface area (Å²) in [7, 11) is 3.12. The molecule has 0 bridgehead atoms. The lowest BCUT2D eigenvalue weighted by molar-refractivity contribution is 0.369. The van der Waals surface area contributed by atoms with Crippen LogP contribution in [0, 0.1) is 0 Å². The monoisotopic (exact) mass is 436 g/mol. The highest BCUT2D eigenvalue weighted by Crippen LogP contribution is 2.28. The molecule has 32 heavy (non-hydrogen) atoms. The molecule has 0 fully saturated rings. The highest BCUT2D eigenvalue weighted by molar-refractivity contribution is 5.77. The SMILES string of the molecule is CCCCn1c(=O)c2ccccc2n(Cc2nc(-c3cc(OC)cc(OC)c3)no2)c1=O. The van der Waals surface area contributed by atoms with E-state index in [1.54, 1.807) is 56.7 Å². The number of ether oxygens (including phenoxy) is 2. The van der Waals surface area contributed by atoms with Crippen molar-refractivity contribution in [2.45, 2.75) is 32.9 Å². The van der Waals surface area contributed by atoms with Gasteiger partial charge in [-0.15, -0.1) is 0 Å². The minimum atomic E-state index is -0.398. The van der Waals surface area contributed by atoms with Crippen molar-refractivity contribution in [1.29, 1.82) is 0 Å². The van der Waals surface area contributed by atoms with Crippen LogP contribution >= 0.6 is 0 Å². The van der Waals surface area contributed by atoms with Crippen LogP contribution in [-0.4, -0.2) is 33.5 Å². The van der Waals surface area contributed by atoms with Crippen molar-refractivity contribution in [3.05, 3.63) is 69.2 Å². The fourth-order valence-electron chi connectivity index (χ4n) is 3.55. The Kier molecular flexibility index (Phi) is 6.07. The van der Waals surface area contributed by atoms with Gasteiger partial charge in [0.2, 0.25) is 11.7 Å². The summed E-state index contributed by atoms with van der Waals surface area (Å²) in [5.41, 5.74) is 0.495. The van der Waals surface area contributed by atoms with E-state index in [1.807, 2.05) is 6.92 Å². The first kappa shape index (κ1) is 21.4. The van der Waals surface area contributed by atoms with Gasteiger partial charge in [0.25, 0.3) is 5.56 Å². The van der Waals surface area contributed by atoms with E-state index in [2.05, 4.69) is 10.1 Å². The van der Waals surface area contributed by atoms with Crippen molar-refractivity contribution in [3.8, 4) is 22.9 Å². The van der Waals surface area contributed by atoms with E-state index in [0.29, 0.717) is 40.3 Å². The summed E-state index contributed by atoms with van der Waals surface area (Å²) in [4.78, 5) is 30.5. The Hall–Kier alpha value is -3.88. The number of nitrogens with zero attached hydrogens (tertiary/aromatic N) is 4. The maximum absolute atomic E-state index is 13.2. The summed E-state index contributed by atoms with van der Waals surface area (Å²) in [5, 5.41) is 4.52. The second-order valence-electron chi connectivity index (χ2n) is 7.31. The average Bonchev–Trinajstić information content (AvgIpc) is 3.30. The molecule has 0 atom stereocenters. The van der Waals surface area contributed by atoms with Crippen LogP contribution in [0.25, 0.3) is 22.3 Å². The molecule has 0 aliphatic rings. The van der Waals surface area contributed by atoms with Crippen molar-refractivity contribution < 1.29 is 14.0 Å². The molecule has 0 N–H and O–H groups in total. The van der Waals surface area contributed by atoms with Gasteiger partial charge in [0.15, 0.2) is 0 Å². The van der Waals surface area contributed by atoms with Gasteiger partial charge in [-0.2, -0.15) is 4.98 Å². The summed E-state index contributed by atoms with van der Waals surface area (Å²) in [5.74, 6) is 1.77. The van der Waals surface area contributed by atoms with Gasteiger partial charge in [-0.1, -0.05) is 30.6 Å². The zero-order valence-corrected chi connectivity index (χ0v) is 18.2. The number of rotatable bonds is 8. The summed E-state index contributed by atoms with van der Waals surface area (Å²) in [6, 6.07) is 12.3. The van der Waals surface area contributed by atoms with E-state index < -0.39 is 5.69 Å². The molecule has 0 amide bonds. The van der Waals surface area contributed by atoms with Gasteiger partial charge in [0.05, 0.1) is 25.1 Å². The number of hydrogen-bond acceptors (Lipinski definition) is 7. The fourth-order valence-corrected chi connectivity index (χ4v) is 3.55. The van der Waals surface area contributed by atoms with E-state index in [4.69, 9.17) is 14.0 Å². The van der Waals surface area contributed by atoms with Gasteiger partial charge in [-0.3, -0.25) is 13.9 Å². The standard InChI is InChI=1S/C23H24N4O5/c1-4-5-10-26-22(28)18-8-6-7-9-19(18)27(23(26)29)14-20-24-21(25-32-20)15-11-16(30-2)13-17(12-15)31-3/h6-9,11-13H,4-5,10,14H2,1-3H3. The van der Waals surface area contributed by atoms with Crippen LogP contribution < -0.4 is 20.7 Å². The molecule has 166 valence electrons. The molecule has 0 aliphatic heterocycles. The second kappa shape index (κ2) is 9.09. The van der Waals surface area contributed by atoms with Crippen LogP contribution in [0.15, 0.2) is 56.6 Å². The second-order valence-corrected chi connectivity index (χ2v) is 7.31. The Morgan fingerprint density at radius 1 is 1.00 bits per heavy atom. The van der Waals surface area contributed by atoms with E-state index in [-0.39, 0.29) is 18.0 Å². The number of para-hydroxylation sites is 1. The average molecular weight is 436 g/mol. The van der Waals surface area contributed by atoms with Crippen LogP contribution in [-0.2, 0) is 13.1 Å². The van der Waals surface area contributed by atoms with Gasteiger partial charge < -0.3 is 14.0 Å². The molecule has 0 radical (unpaired) electrons. The molecule has 2 aromatic heterocycles. The lowest BCUT2D eigenvalue weighted by atomic mass is 10.2. The lowest BCUT2D eigenvalue weighted by Crippen LogP contribution is -2.40. The first-order chi connectivity index (χ1) is 15.5. The van der Waals surface area contributed by atoms with Crippen molar-refractivity contribution >= 4 is 10.9 Å². The molecule has 0 saturated carbocycles. The highest BCUT2D eigenvalue weighted by Gasteiger charge is 2.17. The highest BCUT2D eigenvalue weighted by atomic mass is 16.5. The Labute approximate surface area is 183 Å². The van der Waals surface area contributed by atoms with Crippen LogP contribution in [0.1, 0.15) is 25.7 Å². The maximum Gasteiger partial charge on any atom is 0.331 e. The predicted molar refractivity (Wildman–Crippen MR) is 119 cm³/mol. The number of benzene rings is 2. The molecule has 2 aromatic carbocycles. The van der Waals surface area contributed by atoms with Crippen molar-refractivity contribution in [2.24, 2.45) is 0 Å². The fraction of sp³-hybridized carbons (Fsp3) is 0.304. The predicted octanol–water partition coefficient (Wildman–Crippen LogP) is 3.08. The van der Waals surface area contributed by atoms with Crippen molar-refractivity contribution in [3.63, 3.8) is 0 Å². The normalized spacial score (nSPS) is 11.1. The number of unbranched alkanes of at least 4 members (excludes halogenated alkanes) is 1. The largest absolute Gasteiger partial charge is 0.497 e. The van der Waals surface area contributed by atoms with Crippen molar-refractivity contribution in [2.75, 3.05) is 14.2 Å². The van der Waals surface area contributed by atoms with Gasteiger partial charge in [-0.25, -0.2) is 4.79 Å². The van der Waals surface area contributed by atoms with E-state index in [9.17, 15) is 9.59 Å². The summed E-state index contributed by atoms with van der Waals surface area (Å²) < 4.78 is 18.8. The van der Waals surface area contributed by atoms with Crippen LogP contribution in [0.3, 0.4) is 0 Å². The third-order valence-corrected chi connectivity index (χ3v) is 5.24. The molecule has 9 nitrogen and oxygen atoms in total. The van der Waals surface area contributed by atoms with Crippen molar-refractivity contribution in [1.82, 2.24) is 19.3 Å². The molecular weight excluding hydrogens is 412 g/mol. The molecule has 0 saturated heterocycles. The third kappa shape index (κ3) is 4.01. The van der Waals surface area contributed by atoms with Gasteiger partial charge in [0.1, 0.15) is 18.0 Å². The van der Waals surface area contributed by atoms with E-state index in [0.717, 1.165) is 12.8 Å². The Morgan fingerprint density at radius 3 is 2.41 bits per heavy atom. The molecular formula is C23H24N4O5. The Bertz CT molecular complexity index is 1350. The van der Waals surface area contributed by atoms with Crippen LogP contribution in [0.2, 0.25) is 0 Å². The quantitative estimate of drug-likeness (QED) is 0.418. The maximum atomic E-state index is 13.2. The number of methoxy groups -OCH3 is 2. The van der Waals surface area contributed by atoms with Gasteiger partial charge in [-0.05, 0) is 30.7 Å². The molecule has 4 aromatic rings. The molecule has 2 heterocycles. The zero-order valence-electron chi connectivity index (χ0n) is 18.2. The third-order valence-electron chi connectivity index (χ3n) is 5.24. The van der Waals surface area contributed by atoms with E-state index >= 15 is 0 Å². The van der Waals surface area contributed by atoms with Gasteiger partial charge in [0, 0.05) is 18.2 Å². The lowest BCUT2D eigenvalue weighted by Gasteiger charge is -2.12. The van der Waals surface area contributed by atoms with Crippen LogP contribution in [0.5, 0.6) is 11.5 Å². The minimum absolute atomic E-state index is 0.0415. The Morgan fingerprint density at radius 2 is 1.72 bits per heavy atom. The Balaban J connectivity index is 1.76. The van der Waals surface area contributed by atoms with Crippen LogP contribution in [0.4, 0.5) is 0 Å². The topological polar surface area (TPSA) is 101 Å². The summed E-state index contributed by atoms with van der Waals surface area (Å²) in [6.45, 7) is 2.41. The summed E-state index contributed by atoms with van der Waals surface area (Å²) >= 11 is 0. The summed E-state index contributed by atoms with van der Waals surface area (Å²) in [6.07, 6.45) is 1.60. The number of fused-ring (bicyclic) bond motifs is 1. The molecule has 4 rings (SSSR count). The first-order valence-corrected chi connectivity index (χ1v) is 10.3. The molecule has 9 heteroatoms. The number of hydrogen-bond donors (Lipinski definition) is 0. The molecule has 0 spiro atoms.